The van der Waals surface area contributed by atoms with Gasteiger partial charge in [-0.25, -0.2) is 0 Å². The number of aliphatic hydroxyl groups is 1. The van der Waals surface area contributed by atoms with E-state index in [0.717, 1.165) is 0 Å². The minimum Gasteiger partial charge on any atom is -0.504 e. The molecule has 1 heterocycles. The Morgan fingerprint density at radius 1 is 1.23 bits per heavy atom. The van der Waals surface area contributed by atoms with Crippen molar-refractivity contribution in [2.24, 2.45) is 0 Å². The molecule has 0 radical (unpaired) electrons. The van der Waals surface area contributed by atoms with Gasteiger partial charge in [0.1, 0.15) is 0 Å². The second-order valence-electron chi connectivity index (χ2n) is 2.83. The molecule has 70 valence electrons. The fraction of sp³-hybridized carbons (Fsp3) is 0.250. The molecule has 1 unspecified atom stereocenters. The third-order valence-corrected chi connectivity index (χ3v) is 2.02. The zero-order chi connectivity index (χ0) is 9.59. The quantitative estimate of drug-likeness (QED) is 0.436. The minimum absolute atomic E-state index is 0.109. The topological polar surface area (TPSA) is 90.2 Å². The van der Waals surface area contributed by atoms with Gasteiger partial charge in [0.25, 0.3) is 0 Å². The predicted molar refractivity (Wildman–Crippen MR) is 41.2 cm³/mol. The second-order valence-corrected chi connectivity index (χ2v) is 2.83. The lowest BCUT2D eigenvalue weighted by Crippen LogP contribution is -1.93. The van der Waals surface area contributed by atoms with Crippen LogP contribution >= 0.6 is 0 Å². The summed E-state index contributed by atoms with van der Waals surface area (Å²) in [5.74, 6) is -1.59. The zero-order valence-corrected chi connectivity index (χ0v) is 6.56. The molecule has 0 saturated carbocycles. The molecule has 13 heavy (non-hydrogen) atoms. The summed E-state index contributed by atoms with van der Waals surface area (Å²) in [5.41, 5.74) is 0.593. The number of benzene rings is 1. The first-order valence-electron chi connectivity index (χ1n) is 3.67. The van der Waals surface area contributed by atoms with Gasteiger partial charge in [-0.05, 0) is 11.6 Å². The summed E-state index contributed by atoms with van der Waals surface area (Å²) in [6.45, 7) is 0.109. The monoisotopic (exact) mass is 184 g/mol. The summed E-state index contributed by atoms with van der Waals surface area (Å²) in [4.78, 5) is 0. The van der Waals surface area contributed by atoms with E-state index >= 15 is 0 Å². The maximum atomic E-state index is 9.32. The largest absolute Gasteiger partial charge is 0.504 e. The van der Waals surface area contributed by atoms with Gasteiger partial charge in [0, 0.05) is 0 Å². The molecule has 5 nitrogen and oxygen atoms in total. The molecule has 4 N–H and O–H groups in total. The zero-order valence-electron chi connectivity index (χ0n) is 6.56. The number of phenols is 3. The van der Waals surface area contributed by atoms with Gasteiger partial charge in [0.2, 0.25) is 5.75 Å². The molecule has 0 amide bonds. The molecule has 0 bridgehead atoms. The van der Waals surface area contributed by atoms with Gasteiger partial charge in [-0.1, -0.05) is 0 Å². The fourth-order valence-corrected chi connectivity index (χ4v) is 1.36. The van der Waals surface area contributed by atoms with Crippen LogP contribution in [0.1, 0.15) is 17.4 Å². The Bertz CT molecular complexity index is 360. The summed E-state index contributed by atoms with van der Waals surface area (Å²) in [5, 5.41) is 36.7. The van der Waals surface area contributed by atoms with E-state index in [2.05, 4.69) is 0 Å². The Kier molecular flexibility index (Phi) is 1.58. The molecule has 1 aliphatic rings. The van der Waals surface area contributed by atoms with Crippen LogP contribution in [0.2, 0.25) is 0 Å². The van der Waals surface area contributed by atoms with Crippen molar-refractivity contribution in [3.8, 4) is 17.2 Å². The summed E-state index contributed by atoms with van der Waals surface area (Å²) in [7, 11) is 0. The van der Waals surface area contributed by atoms with Gasteiger partial charge in [-0.15, -0.1) is 0 Å². The first kappa shape index (κ1) is 8.15. The Morgan fingerprint density at radius 3 is 2.62 bits per heavy atom. The van der Waals surface area contributed by atoms with Crippen molar-refractivity contribution in [2.45, 2.75) is 12.9 Å². The first-order chi connectivity index (χ1) is 6.11. The van der Waals surface area contributed by atoms with E-state index in [9.17, 15) is 10.2 Å². The highest BCUT2D eigenvalue weighted by Crippen LogP contribution is 2.45. The van der Waals surface area contributed by atoms with Gasteiger partial charge in [-0.3, -0.25) is 0 Å². The number of aliphatic hydroxyl groups excluding tert-OH is 1. The van der Waals surface area contributed by atoms with E-state index in [-0.39, 0.29) is 12.2 Å². The van der Waals surface area contributed by atoms with Crippen molar-refractivity contribution in [3.63, 3.8) is 0 Å². The van der Waals surface area contributed by atoms with Gasteiger partial charge >= 0.3 is 0 Å². The number of hydrogen-bond donors (Lipinski definition) is 4. The van der Waals surface area contributed by atoms with Gasteiger partial charge in [0.15, 0.2) is 17.8 Å². The van der Waals surface area contributed by atoms with Gasteiger partial charge in [0.05, 0.1) is 12.2 Å². The summed E-state index contributed by atoms with van der Waals surface area (Å²) in [6, 6.07) is 1.25. The smallest absolute Gasteiger partial charge is 0.200 e. The highest BCUT2D eigenvalue weighted by atomic mass is 16.6. The molecule has 1 aromatic rings. The molecule has 0 aromatic heterocycles. The van der Waals surface area contributed by atoms with Crippen molar-refractivity contribution in [3.05, 3.63) is 17.2 Å². The van der Waals surface area contributed by atoms with E-state index in [1.807, 2.05) is 0 Å². The summed E-state index contributed by atoms with van der Waals surface area (Å²) in [6.07, 6.45) is -1.23. The SMILES string of the molecule is Oc1cc2c(c(O)c1O)C(O)OC2. The molecule has 0 aliphatic carbocycles. The Hall–Kier alpha value is -1.46. The molecule has 5 heteroatoms. The molecule has 1 aliphatic heterocycles. The molecule has 0 spiro atoms. The van der Waals surface area contributed by atoms with Crippen molar-refractivity contribution in [1.29, 1.82) is 0 Å². The van der Waals surface area contributed by atoms with Crippen LogP contribution in [0.5, 0.6) is 17.2 Å². The number of rotatable bonds is 0. The average molecular weight is 184 g/mol. The van der Waals surface area contributed by atoms with Crippen LogP contribution in [0.15, 0.2) is 6.07 Å². The van der Waals surface area contributed by atoms with E-state index < -0.39 is 23.5 Å². The third kappa shape index (κ3) is 1.01. The number of phenolic OH excluding ortho intramolecular Hbond substituents is 3. The third-order valence-electron chi connectivity index (χ3n) is 2.02. The van der Waals surface area contributed by atoms with Crippen molar-refractivity contribution < 1.29 is 25.2 Å². The summed E-state index contributed by atoms with van der Waals surface area (Å²) >= 11 is 0. The number of ether oxygens (including phenoxy) is 1. The lowest BCUT2D eigenvalue weighted by molar-refractivity contribution is -0.0926. The standard InChI is InChI=1S/C8H8O5/c9-4-1-3-2-13-8(12)5(3)7(11)6(4)10/h1,8-12H,2H2. The lowest BCUT2D eigenvalue weighted by atomic mass is 10.1. The number of hydrogen-bond acceptors (Lipinski definition) is 5. The molecule has 1 atom stereocenters. The van der Waals surface area contributed by atoms with Crippen LogP contribution in [0, 0.1) is 0 Å². The van der Waals surface area contributed by atoms with E-state index in [1.54, 1.807) is 0 Å². The summed E-state index contributed by atoms with van der Waals surface area (Å²) < 4.78 is 4.79. The van der Waals surface area contributed by atoms with Crippen molar-refractivity contribution in [1.82, 2.24) is 0 Å². The van der Waals surface area contributed by atoms with Gasteiger partial charge < -0.3 is 25.2 Å². The Morgan fingerprint density at radius 2 is 1.92 bits per heavy atom. The van der Waals surface area contributed by atoms with E-state index in [4.69, 9.17) is 14.9 Å². The second kappa shape index (κ2) is 2.51. The molecule has 1 aromatic carbocycles. The van der Waals surface area contributed by atoms with E-state index in [0.29, 0.717) is 5.56 Å². The van der Waals surface area contributed by atoms with Gasteiger partial charge in [-0.2, -0.15) is 0 Å². The molecule has 0 saturated heterocycles. The maximum Gasteiger partial charge on any atom is 0.200 e. The normalized spacial score (nSPS) is 20.2. The molecule has 2 rings (SSSR count). The van der Waals surface area contributed by atoms with Crippen LogP contribution in [-0.4, -0.2) is 20.4 Å². The van der Waals surface area contributed by atoms with Crippen molar-refractivity contribution >= 4 is 0 Å². The highest BCUT2D eigenvalue weighted by Gasteiger charge is 2.28. The Balaban J connectivity index is 2.68. The first-order valence-corrected chi connectivity index (χ1v) is 3.67. The van der Waals surface area contributed by atoms with Crippen LogP contribution < -0.4 is 0 Å². The lowest BCUT2D eigenvalue weighted by Gasteiger charge is -2.07. The number of aromatic hydroxyl groups is 3. The average Bonchev–Trinajstić information content (AvgIpc) is 2.43. The highest BCUT2D eigenvalue weighted by molar-refractivity contribution is 5.57. The predicted octanol–water partition coefficient (Wildman–Crippen LogP) is 0.324. The maximum absolute atomic E-state index is 9.32. The fourth-order valence-electron chi connectivity index (χ4n) is 1.36. The van der Waals surface area contributed by atoms with Crippen LogP contribution in [0.4, 0.5) is 0 Å². The van der Waals surface area contributed by atoms with Crippen LogP contribution in [0.3, 0.4) is 0 Å². The van der Waals surface area contributed by atoms with Crippen LogP contribution in [0.25, 0.3) is 0 Å². The minimum atomic E-state index is -1.23. The molecular weight excluding hydrogens is 176 g/mol. The number of fused-ring (bicyclic) bond motifs is 1. The van der Waals surface area contributed by atoms with Crippen LogP contribution in [-0.2, 0) is 11.3 Å². The van der Waals surface area contributed by atoms with E-state index in [1.165, 1.54) is 6.07 Å². The Labute approximate surface area is 73.4 Å². The molecule has 0 fully saturated rings. The molecular formula is C8H8O5. The van der Waals surface area contributed by atoms with Crippen molar-refractivity contribution in [2.75, 3.05) is 0 Å².